The topological polar surface area (TPSA) is 89.6 Å². The van der Waals surface area contributed by atoms with Crippen molar-refractivity contribution >= 4 is 11.9 Å². The van der Waals surface area contributed by atoms with Crippen molar-refractivity contribution in [2.45, 2.75) is 96.4 Å². The molecule has 0 heterocycles. The summed E-state index contributed by atoms with van der Waals surface area (Å²) in [6.07, 6.45) is 13.8. The van der Waals surface area contributed by atoms with E-state index in [0.29, 0.717) is 0 Å². The van der Waals surface area contributed by atoms with Gasteiger partial charge in [-0.2, -0.15) is 0 Å². The Morgan fingerprint density at radius 2 is 1.41 bits per heavy atom. The minimum atomic E-state index is -0.884. The van der Waals surface area contributed by atoms with Crippen LogP contribution in [0.15, 0.2) is 24.3 Å². The van der Waals surface area contributed by atoms with E-state index in [-0.39, 0.29) is 49.6 Å². The number of carbonyl (C=O) groups is 2. The van der Waals surface area contributed by atoms with Crippen LogP contribution in [-0.4, -0.2) is 23.1 Å². The molecule has 0 aromatic heterocycles. The van der Waals surface area contributed by atoms with Crippen LogP contribution in [0.4, 0.5) is 0 Å². The molecule has 1 atom stereocenters. The third kappa shape index (κ3) is 14.7. The van der Waals surface area contributed by atoms with E-state index >= 15 is 0 Å². The summed E-state index contributed by atoms with van der Waals surface area (Å²) < 4.78 is 4.85. The van der Waals surface area contributed by atoms with Gasteiger partial charge >= 0.3 is 41.5 Å². The van der Waals surface area contributed by atoms with Gasteiger partial charge in [-0.1, -0.05) is 83.3 Å². The zero-order valence-electron chi connectivity index (χ0n) is 19.3. The second-order valence-electron chi connectivity index (χ2n) is 7.56. The molecule has 1 aromatic rings. The van der Waals surface area contributed by atoms with E-state index in [9.17, 15) is 14.7 Å². The molecule has 3 N–H and O–H groups in total. The van der Waals surface area contributed by atoms with Crippen LogP contribution in [0, 0.1) is 0 Å². The molecule has 6 heteroatoms. The van der Waals surface area contributed by atoms with Gasteiger partial charge in [-0.05, 0) is 30.5 Å². The van der Waals surface area contributed by atoms with Crippen molar-refractivity contribution in [2.24, 2.45) is 5.73 Å². The Morgan fingerprint density at radius 3 is 1.93 bits per heavy atom. The predicted molar refractivity (Wildman–Crippen MR) is 113 cm³/mol. The zero-order chi connectivity index (χ0) is 20.6. The summed E-state index contributed by atoms with van der Waals surface area (Å²) in [6.45, 7) is 2.23. The standard InChI is InChI=1S/C23H37NO4.Na.H/c1-2-3-4-5-6-7-8-9-10-11-12-13-22(26)28-23(27)21(24)18-19-14-16-20(25)17-15-19;;/h14-17,21,25H,2-13,18,24H2,1H3;;/q;+1;-1. The fourth-order valence-electron chi connectivity index (χ4n) is 3.14. The van der Waals surface area contributed by atoms with Crippen LogP contribution in [0.3, 0.4) is 0 Å². The molecule has 0 bridgehead atoms. The summed E-state index contributed by atoms with van der Waals surface area (Å²) >= 11 is 0. The van der Waals surface area contributed by atoms with Crippen LogP contribution in [0.5, 0.6) is 5.75 Å². The third-order valence-electron chi connectivity index (χ3n) is 4.89. The second kappa shape index (κ2) is 17.9. The van der Waals surface area contributed by atoms with E-state index in [1.807, 2.05) is 0 Å². The molecular weight excluding hydrogens is 377 g/mol. The molecule has 0 aliphatic heterocycles. The maximum atomic E-state index is 11.9. The summed E-state index contributed by atoms with van der Waals surface area (Å²) in [6, 6.07) is 5.56. The molecular formula is C23H38NNaO4. The van der Waals surface area contributed by atoms with Crippen molar-refractivity contribution in [1.82, 2.24) is 0 Å². The van der Waals surface area contributed by atoms with E-state index in [0.717, 1.165) is 24.8 Å². The van der Waals surface area contributed by atoms with E-state index in [1.165, 1.54) is 63.5 Å². The molecule has 0 saturated heterocycles. The fourth-order valence-corrected chi connectivity index (χ4v) is 3.14. The Labute approximate surface area is 199 Å². The number of nitrogens with two attached hydrogens (primary N) is 1. The number of unbranched alkanes of at least 4 members (excludes halogenated alkanes) is 10. The van der Waals surface area contributed by atoms with Crippen molar-refractivity contribution in [3.63, 3.8) is 0 Å². The van der Waals surface area contributed by atoms with Gasteiger partial charge in [-0.15, -0.1) is 0 Å². The number of esters is 2. The number of carbonyl (C=O) groups excluding carboxylic acids is 2. The Bertz CT molecular complexity index is 569. The monoisotopic (exact) mass is 415 g/mol. The van der Waals surface area contributed by atoms with Crippen molar-refractivity contribution in [2.75, 3.05) is 0 Å². The van der Waals surface area contributed by atoms with Crippen LogP contribution in [0.2, 0.25) is 0 Å². The van der Waals surface area contributed by atoms with Gasteiger partial charge in [0.25, 0.3) is 0 Å². The van der Waals surface area contributed by atoms with Gasteiger partial charge in [0.1, 0.15) is 11.8 Å². The Morgan fingerprint density at radius 1 is 0.931 bits per heavy atom. The molecule has 0 saturated carbocycles. The van der Waals surface area contributed by atoms with Gasteiger partial charge in [-0.25, -0.2) is 4.79 Å². The first-order chi connectivity index (χ1) is 13.5. The average Bonchev–Trinajstić information content (AvgIpc) is 2.67. The number of benzene rings is 1. The smallest absolute Gasteiger partial charge is 1.00 e. The molecule has 0 aliphatic carbocycles. The quantitative estimate of drug-likeness (QED) is 0.198. The molecule has 1 aromatic carbocycles. The molecule has 0 amide bonds. The summed E-state index contributed by atoms with van der Waals surface area (Å²) in [5.41, 5.74) is 6.61. The van der Waals surface area contributed by atoms with Gasteiger partial charge < -0.3 is 17.0 Å². The minimum absolute atomic E-state index is 0. The van der Waals surface area contributed by atoms with Gasteiger partial charge in [0.05, 0.1) is 0 Å². The summed E-state index contributed by atoms with van der Waals surface area (Å²) in [7, 11) is 0. The van der Waals surface area contributed by atoms with Crippen molar-refractivity contribution in [3.8, 4) is 5.75 Å². The van der Waals surface area contributed by atoms with E-state index in [2.05, 4.69) is 6.92 Å². The van der Waals surface area contributed by atoms with Crippen molar-refractivity contribution in [1.29, 1.82) is 0 Å². The summed E-state index contributed by atoms with van der Waals surface area (Å²) in [5.74, 6) is -1.04. The van der Waals surface area contributed by atoms with Crippen LogP contribution < -0.4 is 35.3 Å². The van der Waals surface area contributed by atoms with Crippen LogP contribution in [0.25, 0.3) is 0 Å². The van der Waals surface area contributed by atoms with E-state index in [4.69, 9.17) is 10.5 Å². The minimum Gasteiger partial charge on any atom is -1.00 e. The van der Waals surface area contributed by atoms with Gasteiger partial charge in [0, 0.05) is 6.42 Å². The summed E-state index contributed by atoms with van der Waals surface area (Å²) in [4.78, 5) is 23.7. The molecule has 1 unspecified atom stereocenters. The maximum absolute atomic E-state index is 11.9. The Kier molecular flexibility index (Phi) is 17.4. The molecule has 0 aliphatic rings. The SMILES string of the molecule is CCCCCCCCCCCCCC(=O)OC(=O)C(N)Cc1ccc(O)cc1.[H-].[Na+]. The third-order valence-corrected chi connectivity index (χ3v) is 4.89. The van der Waals surface area contributed by atoms with Gasteiger partial charge in [0.15, 0.2) is 0 Å². The molecule has 29 heavy (non-hydrogen) atoms. The number of hydrogen-bond donors (Lipinski definition) is 2. The summed E-state index contributed by atoms with van der Waals surface area (Å²) in [5, 5.41) is 9.25. The van der Waals surface area contributed by atoms with Gasteiger partial charge in [0.2, 0.25) is 0 Å². The van der Waals surface area contributed by atoms with Crippen molar-refractivity contribution in [3.05, 3.63) is 29.8 Å². The Balaban J connectivity index is 0. The van der Waals surface area contributed by atoms with Crippen LogP contribution >= 0.6 is 0 Å². The van der Waals surface area contributed by atoms with Crippen LogP contribution in [0.1, 0.15) is 91.0 Å². The molecule has 0 radical (unpaired) electrons. The fraction of sp³-hybridized carbons (Fsp3) is 0.652. The van der Waals surface area contributed by atoms with Gasteiger partial charge in [-0.3, -0.25) is 4.79 Å². The maximum Gasteiger partial charge on any atom is 1.00 e. The molecule has 1 rings (SSSR count). The number of rotatable bonds is 15. The first-order valence-corrected chi connectivity index (χ1v) is 10.8. The molecule has 160 valence electrons. The molecule has 0 fully saturated rings. The zero-order valence-corrected chi connectivity index (χ0v) is 20.3. The van der Waals surface area contributed by atoms with Crippen molar-refractivity contribution < 1.29 is 50.4 Å². The number of phenols is 1. The number of phenolic OH excluding ortho intramolecular Hbond substituents is 1. The number of aromatic hydroxyl groups is 1. The second-order valence-corrected chi connectivity index (χ2v) is 7.56. The average molecular weight is 416 g/mol. The largest absolute Gasteiger partial charge is 1.00 e. The Hall–Kier alpha value is -0.880. The number of ether oxygens (including phenoxy) is 1. The van der Waals surface area contributed by atoms with E-state index < -0.39 is 18.0 Å². The first-order valence-electron chi connectivity index (χ1n) is 10.8. The predicted octanol–water partition coefficient (Wildman–Crippen LogP) is 2.15. The number of hydrogen-bond acceptors (Lipinski definition) is 5. The molecule has 0 spiro atoms. The normalized spacial score (nSPS) is 11.5. The first kappa shape index (κ1) is 28.1. The van der Waals surface area contributed by atoms with E-state index in [1.54, 1.807) is 12.1 Å². The van der Waals surface area contributed by atoms with Crippen LogP contribution in [-0.2, 0) is 20.7 Å². The molecule has 5 nitrogen and oxygen atoms in total.